The van der Waals surface area contributed by atoms with Gasteiger partial charge in [-0.2, -0.15) is 0 Å². The van der Waals surface area contributed by atoms with Crippen LogP contribution in [0.15, 0.2) is 450 Å². The molecule has 0 bridgehead atoms. The van der Waals surface area contributed by atoms with Crippen molar-refractivity contribution in [3.05, 3.63) is 470 Å². The molecule has 1 atom stereocenters. The maximum Gasteiger partial charge on any atom is 0.242 e. The molecule has 26 rings (SSSR count). The number of rotatable bonds is 11. The summed E-state index contributed by atoms with van der Waals surface area (Å²) in [5.41, 5.74) is 26.5. The molecular formula is C132H114BO3PSi. The first-order chi connectivity index (χ1) is 67.4. The molecule has 138 heavy (non-hydrogen) atoms. The van der Waals surface area contributed by atoms with Crippen molar-refractivity contribution in [2.45, 2.75) is 119 Å². The standard InChI is InChI=1S/C27H24Si.C25H20O.C21H19B.C21H19P.2C19H16O/c1-20(2)21-17-18-27-25(19-21)24-15-9-10-16-26(24)28(27,22-11-5-3-6-12-22)23-13-7-4-8-14-23;1-16(2)18-14-22(20-12-7-9-17-8-3-4-10-19(17)20)25-23(15-18)21-11-5-6-13-24(21)26-25;2*1-15(2)16-12-13-21-19(14-16)18-10-6-7-11-20(18)22(21)17-8-4-3-5-9-17;1-12(2)18-14-8-4-3-7-13(14)11-17-19(18)15-9-5-6-10-16(15)20-17;1-12(2)15-8-5-9-17-19(15)16-10-13-6-3-4-7-14(13)11-18(16)20-17/h3-20H,1-2H3;3-16H,1-2H3;2*3-15H,1-2H3;2*3-12H,1-2H3. The van der Waals surface area contributed by atoms with Gasteiger partial charge in [0, 0.05) is 48.1 Å². The zero-order valence-electron chi connectivity index (χ0n) is 80.8. The normalized spacial score (nSPS) is 12.5. The molecule has 2 aliphatic heterocycles. The summed E-state index contributed by atoms with van der Waals surface area (Å²) in [5.74, 6) is 3.08. The third-order valence-corrected chi connectivity index (χ3v) is 36.0. The van der Waals surface area contributed by atoms with Crippen molar-refractivity contribution in [3.8, 4) is 38.7 Å². The summed E-state index contributed by atoms with van der Waals surface area (Å²) in [4.78, 5) is 0. The van der Waals surface area contributed by atoms with E-state index in [9.17, 15) is 0 Å². The molecule has 0 radical (unpaired) electrons. The molecule has 4 aromatic heterocycles. The smallest absolute Gasteiger partial charge is 0.242 e. The van der Waals surface area contributed by atoms with Crippen LogP contribution in [0.2, 0.25) is 0 Å². The second-order valence-corrected chi connectivity index (χ2v) is 45.0. The Morgan fingerprint density at radius 1 is 0.232 bits per heavy atom. The van der Waals surface area contributed by atoms with Gasteiger partial charge in [0.15, 0.2) is 8.07 Å². The molecule has 0 fully saturated rings. The highest BCUT2D eigenvalue weighted by Gasteiger charge is 2.48. The van der Waals surface area contributed by atoms with Crippen molar-refractivity contribution < 1.29 is 13.3 Å². The summed E-state index contributed by atoms with van der Waals surface area (Å²) in [5, 5.41) is 28.3. The maximum atomic E-state index is 6.32. The summed E-state index contributed by atoms with van der Waals surface area (Å²) >= 11 is 0. The molecule has 0 aliphatic carbocycles. The predicted octanol–water partition coefficient (Wildman–Crippen LogP) is 33.8. The largest absolute Gasteiger partial charge is 0.456 e. The molecule has 0 spiro atoms. The Labute approximate surface area is 813 Å². The van der Waals surface area contributed by atoms with Gasteiger partial charge in [0.25, 0.3) is 0 Å². The lowest BCUT2D eigenvalue weighted by Gasteiger charge is -2.31. The lowest BCUT2D eigenvalue weighted by Crippen LogP contribution is -2.72. The fourth-order valence-corrected chi connectivity index (χ4v) is 29.4. The first kappa shape index (κ1) is 89.7. The zero-order valence-corrected chi connectivity index (χ0v) is 82.7. The third kappa shape index (κ3) is 16.6. The van der Waals surface area contributed by atoms with Gasteiger partial charge in [-0.1, -0.05) is 483 Å². The van der Waals surface area contributed by atoms with Crippen molar-refractivity contribution in [2.24, 2.45) is 0 Å². The maximum absolute atomic E-state index is 6.32. The van der Waals surface area contributed by atoms with Crippen molar-refractivity contribution >= 4 is 179 Å². The number of benzene rings is 20. The second kappa shape index (κ2) is 38.4. The SMILES string of the molecule is CC(C)c1c2ccccc2cc2oc3ccccc3c12.CC(C)c1cc(-c2cccc3ccccc23)c2oc3ccccc3c2c1.CC(C)c1ccc2c(c1)-c1ccccc1B2c1ccccc1.CC(C)c1ccc2c(c1)-c1ccccc1[Si]2(c1ccccc1)c1ccccc1.CC(C)c1ccc2c(c1)c1ccccc1p2-c1ccccc1.CC(C)c1cccc2oc3cc4ccccc4cc3c12. The quantitative estimate of drug-likeness (QED) is 0.121. The summed E-state index contributed by atoms with van der Waals surface area (Å²) in [6.45, 7) is 27.4. The Bertz CT molecular complexity index is 8560. The van der Waals surface area contributed by atoms with Crippen LogP contribution in [-0.4, -0.2) is 14.8 Å². The minimum Gasteiger partial charge on any atom is -0.456 e. The minimum atomic E-state index is -2.28. The molecule has 6 heteroatoms. The first-order valence-electron chi connectivity index (χ1n) is 49.3. The molecule has 0 amide bonds. The lowest BCUT2D eigenvalue weighted by atomic mass is 9.39. The van der Waals surface area contributed by atoms with Crippen molar-refractivity contribution in [3.63, 3.8) is 0 Å². The van der Waals surface area contributed by atoms with Gasteiger partial charge in [-0.25, -0.2) is 0 Å². The molecule has 672 valence electrons. The van der Waals surface area contributed by atoms with Crippen LogP contribution in [0.4, 0.5) is 0 Å². The van der Waals surface area contributed by atoms with Gasteiger partial charge in [-0.3, -0.25) is 0 Å². The van der Waals surface area contributed by atoms with Crippen molar-refractivity contribution in [2.75, 3.05) is 0 Å². The van der Waals surface area contributed by atoms with Gasteiger partial charge in [0.2, 0.25) is 6.71 Å². The van der Waals surface area contributed by atoms with E-state index < -0.39 is 15.6 Å². The van der Waals surface area contributed by atoms with E-state index in [1.807, 2.05) is 18.2 Å². The fourth-order valence-electron chi connectivity index (χ4n) is 21.7. The highest BCUT2D eigenvalue weighted by molar-refractivity contribution is 7.67. The average Bonchev–Trinajstić information content (AvgIpc) is 1.53. The molecule has 0 N–H and O–H groups in total. The van der Waals surface area contributed by atoms with E-state index in [0.717, 1.165) is 33.5 Å². The van der Waals surface area contributed by atoms with Gasteiger partial charge in [-0.05, 0) is 227 Å². The average molecular weight is 1820 g/mol. The van der Waals surface area contributed by atoms with E-state index in [-0.39, 0.29) is 0 Å². The molecule has 6 heterocycles. The zero-order chi connectivity index (χ0) is 94.4. The Morgan fingerprint density at radius 2 is 0.696 bits per heavy atom. The van der Waals surface area contributed by atoms with E-state index in [1.54, 1.807) is 0 Å². The molecule has 3 nitrogen and oxygen atoms in total. The number of para-hydroxylation sites is 2. The van der Waals surface area contributed by atoms with Crippen LogP contribution >= 0.6 is 7.53 Å². The van der Waals surface area contributed by atoms with E-state index in [0.29, 0.717) is 42.2 Å². The summed E-state index contributed by atoms with van der Waals surface area (Å²) in [7, 11) is -2.69. The van der Waals surface area contributed by atoms with Crippen LogP contribution < -0.4 is 37.1 Å². The monoisotopic (exact) mass is 1820 g/mol. The Balaban J connectivity index is 0.0000000991. The van der Waals surface area contributed by atoms with Gasteiger partial charge >= 0.3 is 0 Å². The Hall–Kier alpha value is -14.8. The van der Waals surface area contributed by atoms with Crippen molar-refractivity contribution in [1.29, 1.82) is 0 Å². The lowest BCUT2D eigenvalue weighted by molar-refractivity contribution is 0.668. The highest BCUT2D eigenvalue weighted by atomic mass is 31.1. The second-order valence-electron chi connectivity index (χ2n) is 39.1. The number of hydrogen-bond acceptors (Lipinski definition) is 3. The number of furan rings is 3. The number of fused-ring (bicyclic) bond motifs is 21. The van der Waals surface area contributed by atoms with Crippen LogP contribution in [0, 0.1) is 0 Å². The van der Waals surface area contributed by atoms with Gasteiger partial charge in [0.05, 0.1) is 0 Å². The molecule has 24 aromatic rings. The van der Waals surface area contributed by atoms with Crippen LogP contribution in [0.25, 0.3) is 158 Å². The highest BCUT2D eigenvalue weighted by Crippen LogP contribution is 2.56. The van der Waals surface area contributed by atoms with Gasteiger partial charge in [-0.15, -0.1) is 0 Å². The first-order valence-corrected chi connectivity index (χ1v) is 52.6. The van der Waals surface area contributed by atoms with Crippen molar-refractivity contribution in [1.82, 2.24) is 0 Å². The number of hydrogen-bond donors (Lipinski definition) is 0. The van der Waals surface area contributed by atoms with E-state index in [2.05, 4.69) is 502 Å². The summed E-state index contributed by atoms with van der Waals surface area (Å²) in [6.07, 6.45) is 0. The topological polar surface area (TPSA) is 39.4 Å². The third-order valence-electron chi connectivity index (χ3n) is 28.5. The Kier molecular flexibility index (Phi) is 24.9. The van der Waals surface area contributed by atoms with Crippen LogP contribution in [-0.2, 0) is 0 Å². The van der Waals surface area contributed by atoms with Crippen LogP contribution in [0.5, 0.6) is 0 Å². The van der Waals surface area contributed by atoms with E-state index in [4.69, 9.17) is 13.3 Å². The minimum absolute atomic E-state index is 0.369. The molecule has 2 aliphatic rings. The Morgan fingerprint density at radius 3 is 1.38 bits per heavy atom. The summed E-state index contributed by atoms with van der Waals surface area (Å²) in [6, 6.07) is 159. The molecule has 20 aromatic carbocycles. The molecule has 1 unspecified atom stereocenters. The molecular weight excluding hydrogens is 1700 g/mol. The van der Waals surface area contributed by atoms with Gasteiger partial charge < -0.3 is 13.3 Å². The van der Waals surface area contributed by atoms with Crippen LogP contribution in [0.3, 0.4) is 0 Å². The fraction of sp³-hybridized carbons (Fsp3) is 0.136. The summed E-state index contributed by atoms with van der Waals surface area (Å²) < 4.78 is 18.4. The van der Waals surface area contributed by atoms with Crippen LogP contribution in [0.1, 0.15) is 152 Å². The molecule has 0 saturated carbocycles. The van der Waals surface area contributed by atoms with E-state index >= 15 is 0 Å². The molecule has 0 saturated heterocycles. The van der Waals surface area contributed by atoms with Gasteiger partial charge in [0.1, 0.15) is 33.5 Å². The van der Waals surface area contributed by atoms with E-state index in [1.165, 1.54) is 195 Å². The predicted molar refractivity (Wildman–Crippen MR) is 601 cm³/mol.